The van der Waals surface area contributed by atoms with Crippen molar-refractivity contribution in [1.82, 2.24) is 44.3 Å². The number of hydrogen-bond acceptors (Lipinski definition) is 16. The van der Waals surface area contributed by atoms with E-state index in [2.05, 4.69) is 60.5 Å². The quantitative estimate of drug-likeness (QED) is 0.0479. The molecule has 0 fully saturated rings. The first kappa shape index (κ1) is 61.2. The maximum Gasteiger partial charge on any atom is 0.359 e. The average molecular weight is 1280 g/mol. The number of alkyl halides is 2. The van der Waals surface area contributed by atoms with E-state index in [0.29, 0.717) is 73.8 Å². The van der Waals surface area contributed by atoms with E-state index in [9.17, 15) is 14.4 Å². The monoisotopic (exact) mass is 1280 g/mol. The zero-order valence-electron chi connectivity index (χ0n) is 49.5. The lowest BCUT2D eigenvalue weighted by molar-refractivity contribution is -0.115. The van der Waals surface area contributed by atoms with Crippen molar-refractivity contribution in [3.63, 3.8) is 0 Å². The molecule has 6 heterocycles. The summed E-state index contributed by atoms with van der Waals surface area (Å²) in [5, 5.41) is 35.7. The van der Waals surface area contributed by atoms with E-state index >= 15 is 8.78 Å². The lowest BCUT2D eigenvalue weighted by atomic mass is 10.1. The fourth-order valence-electron chi connectivity index (χ4n) is 10.1. The Morgan fingerprint density at radius 2 is 1.26 bits per heavy atom. The molecule has 0 saturated heterocycles. The highest BCUT2D eigenvalue weighted by atomic mass is 32.2. The lowest BCUT2D eigenvalue weighted by Crippen LogP contribution is -2.26. The second-order valence-corrected chi connectivity index (χ2v) is 24.5. The first-order valence-corrected chi connectivity index (χ1v) is 31.8. The highest BCUT2D eigenvalue weighted by Crippen LogP contribution is 2.41. The van der Waals surface area contributed by atoms with Gasteiger partial charge in [0, 0.05) is 60.0 Å². The predicted octanol–water partition coefficient (Wildman–Crippen LogP) is 14.1. The first-order valence-electron chi connectivity index (χ1n) is 28.9. The molecule has 0 aliphatic carbocycles. The number of benzene rings is 6. The lowest BCUT2D eigenvalue weighted by Gasteiger charge is -2.22. The molecule has 11 aromatic rings. The smallest absolute Gasteiger partial charge is 0.359 e. The number of carbonyl (C=O) groups excluding carboxylic acids is 3. The molecule has 0 radical (unpaired) electrons. The van der Waals surface area contributed by atoms with Gasteiger partial charge in [-0.3, -0.25) is 23.5 Å². The van der Waals surface area contributed by atoms with Crippen LogP contribution < -0.4 is 20.9 Å². The third-order valence-corrected chi connectivity index (χ3v) is 17.7. The number of halogens is 2. The summed E-state index contributed by atoms with van der Waals surface area (Å²) >= 11 is 3.39. The Morgan fingerprint density at radius 1 is 0.626 bits per heavy atom. The number of aromatic nitrogens is 9. The van der Waals surface area contributed by atoms with Crippen LogP contribution in [0.3, 0.4) is 0 Å². The molecule has 0 spiro atoms. The van der Waals surface area contributed by atoms with Crippen molar-refractivity contribution in [2.24, 2.45) is 0 Å². The van der Waals surface area contributed by atoms with Gasteiger partial charge in [-0.1, -0.05) is 138 Å². The van der Waals surface area contributed by atoms with E-state index in [1.165, 1.54) is 60.1 Å². The third kappa shape index (κ3) is 14.1. The number of rotatable bonds is 24. The molecule has 1 aliphatic heterocycles. The minimum atomic E-state index is -3.56. The summed E-state index contributed by atoms with van der Waals surface area (Å²) in [4.78, 5) is 42.5. The molecule has 460 valence electrons. The number of nitrogens with zero attached hydrogens (tertiary/aromatic N) is 10. The average Bonchev–Trinajstić information content (AvgIpc) is 1.73. The topological polar surface area (TPSA) is 218 Å². The molecule has 6 aromatic carbocycles. The van der Waals surface area contributed by atoms with E-state index in [0.717, 1.165) is 39.7 Å². The largest absolute Gasteiger partial charge is 0.482 e. The second kappa shape index (κ2) is 27.4. The maximum absolute atomic E-state index is 16.1. The maximum atomic E-state index is 16.1. The summed E-state index contributed by atoms with van der Waals surface area (Å²) in [6, 6.07) is 52.2. The van der Waals surface area contributed by atoms with Crippen molar-refractivity contribution in [3.8, 4) is 34.5 Å². The summed E-state index contributed by atoms with van der Waals surface area (Å²) < 4.78 is 55.4. The minimum absolute atomic E-state index is 0.101. The van der Waals surface area contributed by atoms with E-state index in [-0.39, 0.29) is 51.7 Å². The van der Waals surface area contributed by atoms with Crippen LogP contribution in [-0.2, 0) is 31.7 Å². The molecule has 3 atom stereocenters. The molecular formula is C67H59F2N13O6S3. The number of nitrogens with one attached hydrogen (secondary N) is 3. The van der Waals surface area contributed by atoms with Gasteiger partial charge in [0.25, 0.3) is 0 Å². The molecule has 3 N–H and O–H groups in total. The zero-order valence-corrected chi connectivity index (χ0v) is 52.0. The molecule has 3 amide bonds. The van der Waals surface area contributed by atoms with Gasteiger partial charge in [-0.2, -0.15) is 8.78 Å². The van der Waals surface area contributed by atoms with Crippen LogP contribution in [0.1, 0.15) is 60.5 Å². The van der Waals surface area contributed by atoms with E-state index in [1.54, 1.807) is 24.3 Å². The number of carbonyl (C=O) groups is 3. The normalized spacial score (nSPS) is 13.7. The number of hydrogen-bond donors (Lipinski definition) is 3. The molecule has 0 saturated carbocycles. The van der Waals surface area contributed by atoms with Crippen LogP contribution in [0.25, 0.3) is 40.3 Å². The van der Waals surface area contributed by atoms with Crippen LogP contribution in [0.15, 0.2) is 225 Å². The van der Waals surface area contributed by atoms with Gasteiger partial charge in [-0.05, 0) is 116 Å². The Balaban J connectivity index is 0.695. The molecule has 91 heavy (non-hydrogen) atoms. The number of para-hydroxylation sites is 1. The second-order valence-electron chi connectivity index (χ2n) is 21.3. The van der Waals surface area contributed by atoms with Crippen molar-refractivity contribution < 1.29 is 36.7 Å². The van der Waals surface area contributed by atoms with Crippen LogP contribution in [0.2, 0.25) is 0 Å². The summed E-state index contributed by atoms with van der Waals surface area (Å²) in [7, 11) is 3.98. The van der Waals surface area contributed by atoms with E-state index in [4.69, 9.17) is 18.7 Å². The Hall–Kier alpha value is -10.0. The van der Waals surface area contributed by atoms with Gasteiger partial charge >= 0.3 is 6.05 Å². The molecule has 19 nitrogen and oxygen atoms in total. The van der Waals surface area contributed by atoms with Gasteiger partial charge in [0.1, 0.15) is 11.5 Å². The van der Waals surface area contributed by atoms with Crippen LogP contribution in [0.4, 0.5) is 31.5 Å². The first-order chi connectivity index (χ1) is 44.2. The molecule has 1 aliphatic rings. The van der Waals surface area contributed by atoms with Gasteiger partial charge in [0.2, 0.25) is 29.4 Å². The summed E-state index contributed by atoms with van der Waals surface area (Å²) in [6.07, 6.45) is 3.30. The van der Waals surface area contributed by atoms with Crippen LogP contribution in [-0.4, -0.2) is 92.9 Å². The predicted molar refractivity (Wildman–Crippen MR) is 349 cm³/mol. The zero-order chi connectivity index (χ0) is 63.0. The fourth-order valence-corrected chi connectivity index (χ4v) is 12.5. The molecule has 12 rings (SSSR count). The fraction of sp³-hybridized carbons (Fsp3) is 0.179. The van der Waals surface area contributed by atoms with Crippen LogP contribution in [0.5, 0.6) is 0 Å². The number of furan rings is 2. The molecule has 3 unspecified atom stereocenters. The highest BCUT2D eigenvalue weighted by molar-refractivity contribution is 8.00. The Morgan fingerprint density at radius 3 is 1.97 bits per heavy atom. The van der Waals surface area contributed by atoms with Gasteiger partial charge in [0.15, 0.2) is 38.9 Å². The molecule has 0 bridgehead atoms. The van der Waals surface area contributed by atoms with Gasteiger partial charge in [0.05, 0.1) is 35.6 Å². The molecule has 5 aromatic heterocycles. The van der Waals surface area contributed by atoms with Crippen LogP contribution in [0, 0.1) is 0 Å². The molecule has 24 heteroatoms. The van der Waals surface area contributed by atoms with Crippen molar-refractivity contribution in [2.75, 3.05) is 46.5 Å². The number of amides is 3. The van der Waals surface area contributed by atoms with Gasteiger partial charge in [-0.25, -0.2) is 4.57 Å². The van der Waals surface area contributed by atoms with Crippen molar-refractivity contribution in [3.05, 3.63) is 228 Å². The number of anilines is 4. The van der Waals surface area contributed by atoms with Gasteiger partial charge in [-0.15, -0.1) is 30.6 Å². The van der Waals surface area contributed by atoms with Crippen molar-refractivity contribution >= 4 is 81.5 Å². The minimum Gasteiger partial charge on any atom is -0.482 e. The standard InChI is InChI=1S/C67H59F2N13O6S3/c1-42(45-16-8-5-9-17-45)81-61(57-36-33-53(87-57)46-27-29-50(30-28-46)71-59(84)41-90-66-78-75-62(55-24-15-37-86-55)82(66)67(68,69)48-19-10-6-11-20-48)74-77-65(81)91-43(2)63(85)72-51-23-14-18-47(38-51)54-34-35-56(88-54)60-73-76-64(89-40-58(83)70-49-21-12-7-13-22-49)80(60)39-44-25-31-52(32-26-44)79(3)4/h5-35,37-38,42-43,57H,36,39-41H2,1-4H3,(H,70,83)(H,71,84)(H,72,85). The number of ether oxygens (including phenoxy) is 1. The Labute approximate surface area is 534 Å². The number of thioether (sulfide) groups is 3. The Kier molecular flexibility index (Phi) is 18.4. The van der Waals surface area contributed by atoms with E-state index < -0.39 is 23.3 Å². The Bertz CT molecular complexity index is 4350. The summed E-state index contributed by atoms with van der Waals surface area (Å²) in [6.45, 7) is 4.30. The SMILES string of the molecule is CC(Sc1nnc(C2CC=C(c3ccc(NC(=O)CSc4nnc(-c5ccco5)n4C(F)(F)c4ccccc4)cc3)O2)n1C(C)c1ccccc1)C(=O)Nc1cccc(-c2ccc(-c3nnc(SCC(=O)Nc4ccccc4)n3Cc3ccc(N(C)C)cc3)o2)c1. The van der Waals surface area contributed by atoms with E-state index in [1.807, 2.05) is 162 Å². The summed E-state index contributed by atoms with van der Waals surface area (Å²) in [5.41, 5.74) is 6.02. The van der Waals surface area contributed by atoms with Crippen LogP contribution >= 0.6 is 35.3 Å². The highest BCUT2D eigenvalue weighted by Gasteiger charge is 2.40. The van der Waals surface area contributed by atoms with Crippen molar-refractivity contribution in [2.45, 2.75) is 65.7 Å². The van der Waals surface area contributed by atoms with Crippen molar-refractivity contribution in [1.29, 1.82) is 0 Å². The molecular weight excluding hydrogens is 1220 g/mol. The summed E-state index contributed by atoms with van der Waals surface area (Å²) in [5.74, 6) is 1.62. The van der Waals surface area contributed by atoms with Gasteiger partial charge < -0.3 is 34.4 Å². The third-order valence-electron chi connectivity index (χ3n) is 14.8.